The zero-order chi connectivity index (χ0) is 8.69. The molecule has 0 aromatic carbocycles. The van der Waals surface area contributed by atoms with Crippen molar-refractivity contribution >= 4 is 12.4 Å². The molecule has 0 saturated heterocycles. The summed E-state index contributed by atoms with van der Waals surface area (Å²) < 4.78 is 0. The summed E-state index contributed by atoms with van der Waals surface area (Å²) in [6, 6.07) is 0.127. The second-order valence-corrected chi connectivity index (χ2v) is 1.91. The SMILES string of the molecule is C=CC1NN=CC1C=N.CC. The third-order valence-corrected chi connectivity index (χ3v) is 1.33. The normalized spacial score (nSPS) is 26.4. The summed E-state index contributed by atoms with van der Waals surface area (Å²) in [6.45, 7) is 7.60. The van der Waals surface area contributed by atoms with E-state index in [0.717, 1.165) is 0 Å². The van der Waals surface area contributed by atoms with Crippen LogP contribution >= 0.6 is 0 Å². The third-order valence-electron chi connectivity index (χ3n) is 1.33. The molecule has 0 aromatic heterocycles. The van der Waals surface area contributed by atoms with Crippen LogP contribution < -0.4 is 5.43 Å². The summed E-state index contributed by atoms with van der Waals surface area (Å²) in [7, 11) is 0. The fourth-order valence-electron chi connectivity index (χ4n) is 0.750. The van der Waals surface area contributed by atoms with E-state index in [9.17, 15) is 0 Å². The Kier molecular flexibility index (Phi) is 5.07. The van der Waals surface area contributed by atoms with Crippen molar-refractivity contribution in [2.75, 3.05) is 0 Å². The molecular weight excluding hydrogens is 138 g/mol. The van der Waals surface area contributed by atoms with Crippen LogP contribution in [0.5, 0.6) is 0 Å². The van der Waals surface area contributed by atoms with Crippen molar-refractivity contribution < 1.29 is 0 Å². The van der Waals surface area contributed by atoms with Gasteiger partial charge in [0.25, 0.3) is 0 Å². The van der Waals surface area contributed by atoms with E-state index in [4.69, 9.17) is 5.41 Å². The highest BCUT2D eigenvalue weighted by atomic mass is 15.3. The highest BCUT2D eigenvalue weighted by Gasteiger charge is 2.17. The second kappa shape index (κ2) is 5.65. The van der Waals surface area contributed by atoms with Crippen LogP contribution in [0.1, 0.15) is 13.8 Å². The molecule has 1 aliphatic rings. The molecule has 0 aliphatic carbocycles. The van der Waals surface area contributed by atoms with Crippen LogP contribution in [-0.2, 0) is 0 Å². The molecule has 0 fully saturated rings. The van der Waals surface area contributed by atoms with Crippen LogP contribution in [0.2, 0.25) is 0 Å². The zero-order valence-electron chi connectivity index (χ0n) is 7.04. The minimum atomic E-state index is 0.0995. The lowest BCUT2D eigenvalue weighted by Gasteiger charge is -2.06. The van der Waals surface area contributed by atoms with E-state index in [0.29, 0.717) is 0 Å². The third kappa shape index (κ3) is 2.53. The molecular formula is C8H15N3. The lowest BCUT2D eigenvalue weighted by atomic mass is 10.1. The topological polar surface area (TPSA) is 48.2 Å². The number of nitrogens with zero attached hydrogens (tertiary/aromatic N) is 1. The predicted octanol–water partition coefficient (Wildman–Crippen LogP) is 1.42. The first-order valence-corrected chi connectivity index (χ1v) is 3.80. The Bertz CT molecular complexity index is 151. The highest BCUT2D eigenvalue weighted by Crippen LogP contribution is 2.03. The smallest absolute Gasteiger partial charge is 0.0745 e. The van der Waals surface area contributed by atoms with Gasteiger partial charge in [-0.3, -0.25) is 0 Å². The van der Waals surface area contributed by atoms with Crippen molar-refractivity contribution in [1.29, 1.82) is 5.41 Å². The molecule has 11 heavy (non-hydrogen) atoms. The standard InChI is InChI=1S/C6H9N3.C2H6/c1-2-6-5(3-7)4-8-9-6;1-2/h2-7,9H,1H2;1-2H3. The average molecular weight is 153 g/mol. The van der Waals surface area contributed by atoms with Gasteiger partial charge < -0.3 is 10.8 Å². The molecule has 1 aliphatic heterocycles. The fourth-order valence-corrected chi connectivity index (χ4v) is 0.750. The number of hydrazone groups is 1. The van der Waals surface area contributed by atoms with Gasteiger partial charge in [0.05, 0.1) is 12.0 Å². The zero-order valence-corrected chi connectivity index (χ0v) is 7.04. The van der Waals surface area contributed by atoms with Crippen LogP contribution in [0.3, 0.4) is 0 Å². The van der Waals surface area contributed by atoms with Crippen LogP contribution in [0.4, 0.5) is 0 Å². The molecule has 3 heteroatoms. The van der Waals surface area contributed by atoms with E-state index in [-0.39, 0.29) is 12.0 Å². The van der Waals surface area contributed by atoms with E-state index in [1.807, 2.05) is 13.8 Å². The molecule has 1 heterocycles. The van der Waals surface area contributed by atoms with Crippen LogP contribution in [-0.4, -0.2) is 18.5 Å². The lowest BCUT2D eigenvalue weighted by Crippen LogP contribution is -2.25. The monoisotopic (exact) mass is 153 g/mol. The summed E-state index contributed by atoms with van der Waals surface area (Å²) in [6.07, 6.45) is 4.82. The number of hydrogen-bond donors (Lipinski definition) is 2. The van der Waals surface area contributed by atoms with Gasteiger partial charge in [0.15, 0.2) is 0 Å². The van der Waals surface area contributed by atoms with Crippen LogP contribution in [0.25, 0.3) is 0 Å². The Morgan fingerprint density at radius 3 is 2.64 bits per heavy atom. The van der Waals surface area contributed by atoms with Crippen molar-refractivity contribution in [2.45, 2.75) is 19.9 Å². The maximum Gasteiger partial charge on any atom is 0.0745 e. The minimum Gasteiger partial charge on any atom is -0.312 e. The fraction of sp³-hybridized carbons (Fsp3) is 0.500. The lowest BCUT2D eigenvalue weighted by molar-refractivity contribution is 0.649. The first kappa shape index (κ1) is 9.88. The Balaban J connectivity index is 0.000000461. The molecule has 1 rings (SSSR count). The first-order chi connectivity index (χ1) is 5.38. The number of hydrogen-bond acceptors (Lipinski definition) is 3. The second-order valence-electron chi connectivity index (χ2n) is 1.91. The quantitative estimate of drug-likeness (QED) is 0.457. The van der Waals surface area contributed by atoms with Gasteiger partial charge in [-0.1, -0.05) is 19.9 Å². The van der Waals surface area contributed by atoms with E-state index in [1.165, 1.54) is 6.21 Å². The van der Waals surface area contributed by atoms with Crippen LogP contribution in [0.15, 0.2) is 17.8 Å². The number of rotatable bonds is 2. The molecule has 0 radical (unpaired) electrons. The molecule has 0 bridgehead atoms. The molecule has 0 saturated carbocycles. The molecule has 62 valence electrons. The van der Waals surface area contributed by atoms with Crippen LogP contribution in [0, 0.1) is 11.3 Å². The molecule has 2 unspecified atom stereocenters. The van der Waals surface area contributed by atoms with Crippen molar-refractivity contribution in [3.63, 3.8) is 0 Å². The molecule has 0 aromatic rings. The Labute approximate surface area is 67.7 Å². The largest absolute Gasteiger partial charge is 0.312 e. The molecule has 0 amide bonds. The van der Waals surface area contributed by atoms with Gasteiger partial charge in [-0.15, -0.1) is 6.58 Å². The van der Waals surface area contributed by atoms with Crippen molar-refractivity contribution in [3.05, 3.63) is 12.7 Å². The summed E-state index contributed by atoms with van der Waals surface area (Å²) in [5, 5.41) is 10.7. The van der Waals surface area contributed by atoms with Gasteiger partial charge in [-0.05, 0) is 0 Å². The van der Waals surface area contributed by atoms with Gasteiger partial charge >= 0.3 is 0 Å². The van der Waals surface area contributed by atoms with Gasteiger partial charge in [-0.2, -0.15) is 5.10 Å². The maximum absolute atomic E-state index is 6.93. The van der Waals surface area contributed by atoms with E-state index in [2.05, 4.69) is 17.1 Å². The highest BCUT2D eigenvalue weighted by molar-refractivity contribution is 5.84. The predicted molar refractivity (Wildman–Crippen MR) is 49.2 cm³/mol. The summed E-state index contributed by atoms with van der Waals surface area (Å²) in [5.74, 6) is 0.0995. The molecule has 0 spiro atoms. The molecule has 2 atom stereocenters. The summed E-state index contributed by atoms with van der Waals surface area (Å²) in [5.41, 5.74) is 2.81. The van der Waals surface area contributed by atoms with Gasteiger partial charge in [-0.25, -0.2) is 0 Å². The Morgan fingerprint density at radius 2 is 2.27 bits per heavy atom. The Hall–Kier alpha value is -1.12. The summed E-state index contributed by atoms with van der Waals surface area (Å²) in [4.78, 5) is 0. The van der Waals surface area contributed by atoms with Crippen molar-refractivity contribution in [1.82, 2.24) is 5.43 Å². The molecule has 2 N–H and O–H groups in total. The van der Waals surface area contributed by atoms with Crippen molar-refractivity contribution in [2.24, 2.45) is 11.0 Å². The maximum atomic E-state index is 6.93. The van der Waals surface area contributed by atoms with E-state index >= 15 is 0 Å². The Morgan fingerprint density at radius 1 is 1.64 bits per heavy atom. The minimum absolute atomic E-state index is 0.0995. The molecule has 3 nitrogen and oxygen atoms in total. The van der Waals surface area contributed by atoms with Crippen molar-refractivity contribution in [3.8, 4) is 0 Å². The number of nitrogens with one attached hydrogen (secondary N) is 2. The average Bonchev–Trinajstić information content (AvgIpc) is 2.54. The van der Waals surface area contributed by atoms with Gasteiger partial charge in [0, 0.05) is 12.4 Å². The van der Waals surface area contributed by atoms with Gasteiger partial charge in [0.2, 0.25) is 0 Å². The first-order valence-electron chi connectivity index (χ1n) is 3.80. The van der Waals surface area contributed by atoms with E-state index < -0.39 is 0 Å². The van der Waals surface area contributed by atoms with Gasteiger partial charge in [0.1, 0.15) is 0 Å². The summed E-state index contributed by atoms with van der Waals surface area (Å²) >= 11 is 0. The van der Waals surface area contributed by atoms with E-state index in [1.54, 1.807) is 12.3 Å².